The van der Waals surface area contributed by atoms with E-state index in [9.17, 15) is 31.6 Å². The number of fused-ring (bicyclic) bond motifs is 18. The molecule has 144 heavy (non-hydrogen) atoms. The van der Waals surface area contributed by atoms with Gasteiger partial charge in [-0.25, -0.2) is 0 Å². The molecular formula is C132H75N9O3. The van der Waals surface area contributed by atoms with Crippen LogP contribution < -0.4 is 0 Å². The van der Waals surface area contributed by atoms with E-state index in [1.54, 1.807) is 0 Å². The fourth-order valence-corrected chi connectivity index (χ4v) is 20.9. The number of hydrogen-bond acceptors (Lipinski definition) is 9. The first-order chi connectivity index (χ1) is 71.0. The maximum absolute atomic E-state index is 9.83. The van der Waals surface area contributed by atoms with Gasteiger partial charge < -0.3 is 27.0 Å². The Kier molecular flexibility index (Phi) is 21.0. The molecule has 0 fully saturated rings. The third-order valence-electron chi connectivity index (χ3n) is 27.7. The molecule has 0 radical (unpaired) electrons. The first-order valence-electron chi connectivity index (χ1n) is 47.4. The molecule has 0 aliphatic heterocycles. The van der Waals surface area contributed by atoms with Crippen molar-refractivity contribution in [2.45, 2.75) is 0 Å². The lowest BCUT2D eigenvalue weighted by atomic mass is 9.93. The van der Waals surface area contributed by atoms with Gasteiger partial charge in [-0.15, -0.1) is 0 Å². The standard InChI is InChI=1S/3C44H25N3O/c45-26-28-7-5-8-30(19-28)31-9-6-10-32(21-31)34-22-35(33-16-18-44-40(25-33)38-12-2-4-14-43(38)48-44)24-36(23-34)47-41-13-3-1-11-37(41)39-20-29(27-46)15-17-42(39)47;45-26-28-12-15-30(16-13-28)31-6-5-7-32(21-31)34-22-35(33-17-19-44-40(25-33)38-9-2-4-11-43(38)48-44)24-36(23-34)47-41-10-3-1-8-37(41)39-20-29(27-46)14-18-42(39)47;45-26-28-16-18-42-39(20-28)37-12-3-5-14-41(37)47(42)35-23-33(29-9-7-10-31(21-29)36-11-2-1-8-32(36)27-46)22-34(24-35)30-17-19-44-40(25-30)38-13-4-6-15-43(38)48-44/h3*1-25H. The molecule has 0 N–H and O–H groups in total. The summed E-state index contributed by atoms with van der Waals surface area (Å²) in [6.45, 7) is 0. The molecule has 0 saturated heterocycles. The van der Waals surface area contributed by atoms with Crippen molar-refractivity contribution in [3.63, 3.8) is 0 Å². The van der Waals surface area contributed by atoms with Crippen molar-refractivity contribution >= 4 is 131 Å². The summed E-state index contributed by atoms with van der Waals surface area (Å²) in [5.41, 5.74) is 37.4. The SMILES string of the molecule is N#Cc1ccc(-c2cccc(-c3cc(-c4ccc5oc6ccccc6c5c4)cc(-n4c5ccccc5c5cc(C#N)ccc54)c3)c2)cc1.N#Cc1ccc2c(c1)c1ccccc1n2-c1cc(-c2cccc(-c3ccccc3C#N)c2)cc(-c2ccc3oc4ccccc4c3c2)c1.N#Cc1cccc(-c2cccc(-c3cc(-c4ccc5oc6ccccc6c5c4)cc(-n4c5ccccc5c5cc(C#N)ccc54)c3)c2)c1. The average Bonchev–Trinajstić information content (AvgIpc) is 1.58. The van der Waals surface area contributed by atoms with Gasteiger partial charge in [0.2, 0.25) is 0 Å². The van der Waals surface area contributed by atoms with E-state index in [1.807, 2.05) is 194 Å². The highest BCUT2D eigenvalue weighted by molar-refractivity contribution is 6.15. The highest BCUT2D eigenvalue weighted by Crippen LogP contribution is 2.46. The van der Waals surface area contributed by atoms with E-state index in [0.717, 1.165) is 248 Å². The maximum Gasteiger partial charge on any atom is 0.135 e. The smallest absolute Gasteiger partial charge is 0.135 e. The van der Waals surface area contributed by atoms with Crippen LogP contribution in [0.4, 0.5) is 0 Å². The van der Waals surface area contributed by atoms with Crippen LogP contribution in [-0.2, 0) is 0 Å². The number of para-hydroxylation sites is 6. The molecule has 12 nitrogen and oxygen atoms in total. The van der Waals surface area contributed by atoms with Crippen LogP contribution in [0, 0.1) is 68.0 Å². The maximum atomic E-state index is 9.83. The van der Waals surface area contributed by atoms with E-state index in [2.05, 4.69) is 311 Å². The summed E-state index contributed by atoms with van der Waals surface area (Å²) in [5.74, 6) is 0. The van der Waals surface area contributed by atoms with Crippen LogP contribution in [-0.4, -0.2) is 13.7 Å². The summed E-state index contributed by atoms with van der Waals surface area (Å²) < 4.78 is 25.4. The zero-order valence-electron chi connectivity index (χ0n) is 77.1. The van der Waals surface area contributed by atoms with E-state index in [0.29, 0.717) is 33.4 Å². The molecule has 21 aromatic carbocycles. The Bertz CT molecular complexity index is 10300. The van der Waals surface area contributed by atoms with Crippen LogP contribution in [0.3, 0.4) is 0 Å². The van der Waals surface area contributed by atoms with Gasteiger partial charge in [0.1, 0.15) is 33.5 Å². The molecule has 0 amide bonds. The number of aromatic nitrogens is 3. The van der Waals surface area contributed by atoms with Crippen molar-refractivity contribution in [2.24, 2.45) is 0 Å². The third-order valence-corrected chi connectivity index (χ3v) is 27.7. The summed E-state index contributed by atoms with van der Waals surface area (Å²) in [6.07, 6.45) is 0. The minimum Gasteiger partial charge on any atom is -0.456 e. The second-order valence-corrected chi connectivity index (χ2v) is 36.1. The van der Waals surface area contributed by atoms with Gasteiger partial charge in [0, 0.05) is 81.7 Å². The zero-order chi connectivity index (χ0) is 96.6. The summed E-state index contributed by atoms with van der Waals surface area (Å²) in [7, 11) is 0. The first-order valence-corrected chi connectivity index (χ1v) is 47.4. The normalized spacial score (nSPS) is 11.3. The fraction of sp³-hybridized carbons (Fsp3) is 0. The van der Waals surface area contributed by atoms with Crippen molar-refractivity contribution in [3.8, 4) is 154 Å². The molecule has 0 atom stereocenters. The summed E-state index contributed by atoms with van der Waals surface area (Å²) >= 11 is 0. The summed E-state index contributed by atoms with van der Waals surface area (Å²) in [5, 5.41) is 70.7. The fourth-order valence-electron chi connectivity index (χ4n) is 20.9. The molecule has 0 unspecified atom stereocenters. The Morgan fingerprint density at radius 2 is 0.403 bits per heavy atom. The Balaban J connectivity index is 0.000000113. The molecule has 0 saturated carbocycles. The van der Waals surface area contributed by atoms with Crippen molar-refractivity contribution in [3.05, 3.63) is 488 Å². The van der Waals surface area contributed by atoms with Gasteiger partial charge in [-0.1, -0.05) is 224 Å². The van der Waals surface area contributed by atoms with E-state index >= 15 is 0 Å². The molecule has 6 heterocycles. The Morgan fingerprint density at radius 1 is 0.146 bits per heavy atom. The van der Waals surface area contributed by atoms with E-state index in [-0.39, 0.29) is 0 Å². The van der Waals surface area contributed by atoms with Crippen LogP contribution in [0.1, 0.15) is 33.4 Å². The lowest BCUT2D eigenvalue weighted by Gasteiger charge is -2.15. The number of rotatable bonds is 12. The highest BCUT2D eigenvalue weighted by Gasteiger charge is 2.24. The highest BCUT2D eigenvalue weighted by atomic mass is 16.3. The van der Waals surface area contributed by atoms with Crippen molar-refractivity contribution < 1.29 is 13.3 Å². The minimum atomic E-state index is 0.634. The molecule has 0 aliphatic rings. The van der Waals surface area contributed by atoms with E-state index < -0.39 is 0 Å². The number of nitriles is 6. The van der Waals surface area contributed by atoms with Gasteiger partial charge in [-0.2, -0.15) is 31.6 Å². The molecule has 0 spiro atoms. The van der Waals surface area contributed by atoms with Crippen molar-refractivity contribution in [2.75, 3.05) is 0 Å². The molecule has 27 rings (SSSR count). The van der Waals surface area contributed by atoms with Crippen molar-refractivity contribution in [1.29, 1.82) is 31.6 Å². The van der Waals surface area contributed by atoms with Gasteiger partial charge in [0.05, 0.1) is 103 Å². The second-order valence-electron chi connectivity index (χ2n) is 36.1. The number of furan rings is 3. The molecule has 27 aromatic rings. The van der Waals surface area contributed by atoms with Crippen LogP contribution in [0.2, 0.25) is 0 Å². The van der Waals surface area contributed by atoms with Crippen LogP contribution in [0.15, 0.2) is 468 Å². The predicted octanol–water partition coefficient (Wildman–Crippen LogP) is 34.3. The lowest BCUT2D eigenvalue weighted by molar-refractivity contribution is 0.668. The van der Waals surface area contributed by atoms with Gasteiger partial charge in [-0.05, 0) is 331 Å². The molecule has 6 aromatic heterocycles. The summed E-state index contributed by atoms with van der Waals surface area (Å²) in [6, 6.07) is 169. The molecule has 666 valence electrons. The largest absolute Gasteiger partial charge is 0.456 e. The van der Waals surface area contributed by atoms with Gasteiger partial charge in [-0.3, -0.25) is 0 Å². The number of benzene rings is 21. The number of hydrogen-bond donors (Lipinski definition) is 0. The third kappa shape index (κ3) is 15.2. The molecule has 0 bridgehead atoms. The molecule has 0 aliphatic carbocycles. The van der Waals surface area contributed by atoms with Crippen LogP contribution >= 0.6 is 0 Å². The summed E-state index contributed by atoms with van der Waals surface area (Å²) in [4.78, 5) is 0. The van der Waals surface area contributed by atoms with E-state index in [4.69, 9.17) is 13.3 Å². The van der Waals surface area contributed by atoms with Crippen LogP contribution in [0.25, 0.3) is 248 Å². The quantitative estimate of drug-likeness (QED) is 0.114. The van der Waals surface area contributed by atoms with Gasteiger partial charge >= 0.3 is 0 Å². The topological polar surface area (TPSA) is 197 Å². The van der Waals surface area contributed by atoms with Gasteiger partial charge in [0.25, 0.3) is 0 Å². The van der Waals surface area contributed by atoms with Gasteiger partial charge in [0.15, 0.2) is 0 Å². The molecular weight excluding hydrogens is 1760 g/mol. The molecule has 12 heteroatoms. The van der Waals surface area contributed by atoms with Crippen LogP contribution in [0.5, 0.6) is 0 Å². The lowest BCUT2D eigenvalue weighted by Crippen LogP contribution is -1.96. The number of nitrogens with zero attached hydrogens (tertiary/aromatic N) is 9. The predicted molar refractivity (Wildman–Crippen MR) is 581 cm³/mol. The average molecular weight is 1840 g/mol. The Morgan fingerprint density at radius 3 is 0.771 bits per heavy atom. The second kappa shape index (κ2) is 35.5. The monoisotopic (exact) mass is 1830 g/mol. The Hall–Kier alpha value is -20.6. The van der Waals surface area contributed by atoms with Crippen molar-refractivity contribution in [1.82, 2.24) is 13.7 Å². The van der Waals surface area contributed by atoms with E-state index in [1.165, 1.54) is 0 Å². The first kappa shape index (κ1) is 85.1. The zero-order valence-corrected chi connectivity index (χ0v) is 77.1. The Labute approximate surface area is 826 Å². The minimum absolute atomic E-state index is 0.634.